The molecule has 1 aliphatic heterocycles. The molecule has 1 saturated heterocycles. The van der Waals surface area contributed by atoms with Crippen LogP contribution in [0.4, 0.5) is 11.6 Å². The Labute approximate surface area is 153 Å². The lowest BCUT2D eigenvalue weighted by molar-refractivity contribution is 0.0744. The summed E-state index contributed by atoms with van der Waals surface area (Å²) >= 11 is 0. The van der Waals surface area contributed by atoms with Crippen LogP contribution < -0.4 is 9.80 Å². The molecule has 3 rings (SSSR count). The molecule has 1 amide bonds. The van der Waals surface area contributed by atoms with E-state index in [9.17, 15) is 4.79 Å². The Bertz CT molecular complexity index is 726. The monoisotopic (exact) mass is 358 g/mol. The van der Waals surface area contributed by atoms with Crippen LogP contribution >= 0.6 is 0 Å². The van der Waals surface area contributed by atoms with Crippen molar-refractivity contribution in [1.29, 1.82) is 0 Å². The van der Waals surface area contributed by atoms with Crippen molar-refractivity contribution in [2.75, 3.05) is 49.1 Å². The van der Waals surface area contributed by atoms with E-state index < -0.39 is 0 Å². The van der Waals surface area contributed by atoms with Gasteiger partial charge in [0, 0.05) is 39.3 Å². The van der Waals surface area contributed by atoms with E-state index in [1.54, 1.807) is 13.8 Å². The van der Waals surface area contributed by atoms with Gasteiger partial charge in [-0.3, -0.25) is 4.79 Å². The zero-order valence-corrected chi connectivity index (χ0v) is 15.9. The molecular formula is C18H26N6O2. The third-order valence-corrected chi connectivity index (χ3v) is 4.86. The molecule has 0 N–H and O–H groups in total. The van der Waals surface area contributed by atoms with Gasteiger partial charge in [-0.15, -0.1) is 10.2 Å². The van der Waals surface area contributed by atoms with Crippen LogP contribution in [0.2, 0.25) is 0 Å². The molecular weight excluding hydrogens is 332 g/mol. The Hall–Kier alpha value is -2.64. The normalized spacial score (nSPS) is 14.6. The Balaban J connectivity index is 1.62. The molecule has 0 spiro atoms. The fourth-order valence-electron chi connectivity index (χ4n) is 3.29. The molecule has 2 aromatic rings. The van der Waals surface area contributed by atoms with Crippen molar-refractivity contribution >= 4 is 17.5 Å². The molecule has 0 aliphatic carbocycles. The standard InChI is InChI=1S/C18H26N6O2/c1-5-22(6-2)15-7-8-16(20-19-15)23-9-11-24(12-10-23)18(25)17-13(3)21-26-14(17)4/h7-8H,5-6,9-12H2,1-4H3. The van der Waals surface area contributed by atoms with E-state index in [4.69, 9.17) is 4.52 Å². The summed E-state index contributed by atoms with van der Waals surface area (Å²) in [6, 6.07) is 4.02. The summed E-state index contributed by atoms with van der Waals surface area (Å²) < 4.78 is 5.12. The number of hydrogen-bond acceptors (Lipinski definition) is 7. The number of rotatable bonds is 5. The fourth-order valence-corrected chi connectivity index (χ4v) is 3.29. The van der Waals surface area contributed by atoms with E-state index in [2.05, 4.69) is 39.0 Å². The topological polar surface area (TPSA) is 78.6 Å². The van der Waals surface area contributed by atoms with E-state index in [1.807, 2.05) is 17.0 Å². The van der Waals surface area contributed by atoms with Crippen molar-refractivity contribution < 1.29 is 9.32 Å². The van der Waals surface area contributed by atoms with Gasteiger partial charge in [0.1, 0.15) is 11.3 Å². The highest BCUT2D eigenvalue weighted by Gasteiger charge is 2.27. The smallest absolute Gasteiger partial charge is 0.259 e. The van der Waals surface area contributed by atoms with Gasteiger partial charge in [-0.25, -0.2) is 0 Å². The van der Waals surface area contributed by atoms with E-state index in [0.717, 1.165) is 37.8 Å². The number of carbonyl (C=O) groups excluding carboxylic acids is 1. The molecule has 0 unspecified atom stereocenters. The molecule has 3 heterocycles. The van der Waals surface area contributed by atoms with Crippen LogP contribution in [0.5, 0.6) is 0 Å². The zero-order valence-electron chi connectivity index (χ0n) is 15.9. The van der Waals surface area contributed by atoms with Gasteiger partial charge in [-0.2, -0.15) is 0 Å². The van der Waals surface area contributed by atoms with Crippen molar-refractivity contribution in [3.05, 3.63) is 29.2 Å². The first kappa shape index (κ1) is 18.2. The first-order valence-corrected chi connectivity index (χ1v) is 9.10. The Morgan fingerprint density at radius 3 is 2.31 bits per heavy atom. The third kappa shape index (κ3) is 3.49. The summed E-state index contributed by atoms with van der Waals surface area (Å²) in [5.41, 5.74) is 1.23. The zero-order chi connectivity index (χ0) is 18.7. The molecule has 1 aliphatic rings. The molecule has 0 atom stereocenters. The average Bonchev–Trinajstić information content (AvgIpc) is 3.01. The lowest BCUT2D eigenvalue weighted by atomic mass is 10.1. The number of anilines is 2. The maximum Gasteiger partial charge on any atom is 0.259 e. The van der Waals surface area contributed by atoms with Crippen molar-refractivity contribution in [2.24, 2.45) is 0 Å². The predicted octanol–water partition coefficient (Wildman–Crippen LogP) is 1.89. The summed E-state index contributed by atoms with van der Waals surface area (Å²) in [5.74, 6) is 2.31. The van der Waals surface area contributed by atoms with Gasteiger partial charge in [0.2, 0.25) is 0 Å². The lowest BCUT2D eigenvalue weighted by Gasteiger charge is -2.35. The lowest BCUT2D eigenvalue weighted by Crippen LogP contribution is -2.49. The second kappa shape index (κ2) is 7.72. The first-order chi connectivity index (χ1) is 12.5. The van der Waals surface area contributed by atoms with E-state index in [0.29, 0.717) is 30.1 Å². The van der Waals surface area contributed by atoms with Gasteiger partial charge in [-0.1, -0.05) is 5.16 Å². The highest BCUT2D eigenvalue weighted by Crippen LogP contribution is 2.19. The SMILES string of the molecule is CCN(CC)c1ccc(N2CCN(C(=O)c3c(C)noc3C)CC2)nn1. The van der Waals surface area contributed by atoms with Gasteiger partial charge < -0.3 is 19.2 Å². The fraction of sp³-hybridized carbons (Fsp3) is 0.556. The minimum atomic E-state index is -0.0103. The quantitative estimate of drug-likeness (QED) is 0.807. The van der Waals surface area contributed by atoms with Crippen LogP contribution in [0.25, 0.3) is 0 Å². The van der Waals surface area contributed by atoms with E-state index in [1.165, 1.54) is 0 Å². The summed E-state index contributed by atoms with van der Waals surface area (Å²) in [5, 5.41) is 12.6. The minimum Gasteiger partial charge on any atom is -0.361 e. The molecule has 0 bridgehead atoms. The Morgan fingerprint density at radius 1 is 1.12 bits per heavy atom. The molecule has 8 nitrogen and oxygen atoms in total. The number of hydrogen-bond donors (Lipinski definition) is 0. The number of aryl methyl sites for hydroxylation is 2. The summed E-state index contributed by atoms with van der Waals surface area (Å²) in [6.07, 6.45) is 0. The molecule has 0 radical (unpaired) electrons. The predicted molar refractivity (Wildman–Crippen MR) is 99.7 cm³/mol. The van der Waals surface area contributed by atoms with Crippen LogP contribution in [-0.2, 0) is 0 Å². The number of aromatic nitrogens is 3. The molecule has 140 valence electrons. The van der Waals surface area contributed by atoms with E-state index >= 15 is 0 Å². The first-order valence-electron chi connectivity index (χ1n) is 9.10. The summed E-state index contributed by atoms with van der Waals surface area (Å²) in [7, 11) is 0. The molecule has 8 heteroatoms. The highest BCUT2D eigenvalue weighted by atomic mass is 16.5. The van der Waals surface area contributed by atoms with Crippen LogP contribution in [0.3, 0.4) is 0 Å². The molecule has 0 saturated carbocycles. The molecule has 1 fully saturated rings. The number of amides is 1. The number of piperazine rings is 1. The van der Waals surface area contributed by atoms with Crippen molar-refractivity contribution in [3.63, 3.8) is 0 Å². The van der Waals surface area contributed by atoms with Gasteiger partial charge in [0.15, 0.2) is 11.6 Å². The summed E-state index contributed by atoms with van der Waals surface area (Å²) in [6.45, 7) is 12.3. The van der Waals surface area contributed by atoms with Crippen molar-refractivity contribution in [1.82, 2.24) is 20.3 Å². The largest absolute Gasteiger partial charge is 0.361 e. The summed E-state index contributed by atoms with van der Waals surface area (Å²) in [4.78, 5) is 18.9. The maximum atomic E-state index is 12.7. The average molecular weight is 358 g/mol. The van der Waals surface area contributed by atoms with Gasteiger partial charge in [-0.05, 0) is 39.8 Å². The Kier molecular flexibility index (Phi) is 5.39. The minimum absolute atomic E-state index is 0.0103. The molecule has 0 aromatic carbocycles. The van der Waals surface area contributed by atoms with Crippen LogP contribution in [0.15, 0.2) is 16.7 Å². The van der Waals surface area contributed by atoms with E-state index in [-0.39, 0.29) is 5.91 Å². The van der Waals surface area contributed by atoms with Crippen LogP contribution in [0.1, 0.15) is 35.7 Å². The third-order valence-electron chi connectivity index (χ3n) is 4.86. The number of nitrogens with zero attached hydrogens (tertiary/aromatic N) is 6. The Morgan fingerprint density at radius 2 is 1.81 bits per heavy atom. The van der Waals surface area contributed by atoms with Gasteiger partial charge in [0.25, 0.3) is 5.91 Å². The highest BCUT2D eigenvalue weighted by molar-refractivity contribution is 5.96. The van der Waals surface area contributed by atoms with Crippen molar-refractivity contribution in [2.45, 2.75) is 27.7 Å². The van der Waals surface area contributed by atoms with Gasteiger partial charge >= 0.3 is 0 Å². The number of carbonyl (C=O) groups is 1. The second-order valence-electron chi connectivity index (χ2n) is 6.40. The van der Waals surface area contributed by atoms with Gasteiger partial charge in [0.05, 0.1) is 5.69 Å². The molecule has 2 aromatic heterocycles. The second-order valence-corrected chi connectivity index (χ2v) is 6.40. The van der Waals surface area contributed by atoms with Crippen molar-refractivity contribution in [3.8, 4) is 0 Å². The van der Waals surface area contributed by atoms with Crippen LogP contribution in [-0.4, -0.2) is 65.4 Å². The van der Waals surface area contributed by atoms with Crippen LogP contribution in [0, 0.1) is 13.8 Å². The molecule has 26 heavy (non-hydrogen) atoms. The maximum absolute atomic E-state index is 12.7.